The Morgan fingerprint density at radius 3 is 2.29 bits per heavy atom. The third-order valence-corrected chi connectivity index (χ3v) is 8.50. The molecule has 0 radical (unpaired) electrons. The first-order chi connectivity index (χ1) is 15.0. The van der Waals surface area contributed by atoms with E-state index in [9.17, 15) is 8.42 Å². The molecule has 0 bridgehead atoms. The van der Waals surface area contributed by atoms with E-state index in [0.29, 0.717) is 13.1 Å². The van der Waals surface area contributed by atoms with Gasteiger partial charge >= 0.3 is 0 Å². The van der Waals surface area contributed by atoms with E-state index >= 15 is 0 Å². The van der Waals surface area contributed by atoms with Crippen LogP contribution in [0.5, 0.6) is 0 Å². The molecule has 0 aromatic carbocycles. The Bertz CT molecular complexity index is 745. The Balaban J connectivity index is 1.44. The predicted octanol–water partition coefficient (Wildman–Crippen LogP) is 2.57. The fourth-order valence-corrected chi connectivity index (χ4v) is 6.39. The van der Waals surface area contributed by atoms with E-state index in [1.54, 1.807) is 4.31 Å². The summed E-state index contributed by atoms with van der Waals surface area (Å²) in [7, 11) is -3.23. The van der Waals surface area contributed by atoms with Gasteiger partial charge in [0.25, 0.3) is 0 Å². The van der Waals surface area contributed by atoms with Gasteiger partial charge in [-0.2, -0.15) is 4.31 Å². The number of rotatable bonds is 13. The molecule has 2 aliphatic heterocycles. The molecule has 0 saturated carbocycles. The largest absolute Gasteiger partial charge is 0.301 e. The van der Waals surface area contributed by atoms with E-state index in [-0.39, 0.29) is 11.8 Å². The highest BCUT2D eigenvalue weighted by molar-refractivity contribution is 7.89. The van der Waals surface area contributed by atoms with Crippen molar-refractivity contribution in [2.45, 2.75) is 84.3 Å². The minimum absolute atomic E-state index is 0.0938. The van der Waals surface area contributed by atoms with Gasteiger partial charge in [0.05, 0.1) is 18.0 Å². The average molecular weight is 455 g/mol. The van der Waals surface area contributed by atoms with Crippen LogP contribution in [0.1, 0.15) is 70.9 Å². The third-order valence-electron chi connectivity index (χ3n) is 6.63. The molecule has 3 rings (SSSR count). The lowest BCUT2D eigenvalue weighted by Gasteiger charge is -2.37. The van der Waals surface area contributed by atoms with Crippen molar-refractivity contribution in [1.82, 2.24) is 29.1 Å². The summed E-state index contributed by atoms with van der Waals surface area (Å²) >= 11 is 0. The number of hydrogen-bond donors (Lipinski definition) is 0. The Kier molecular flexibility index (Phi) is 9.74. The minimum Gasteiger partial charge on any atom is -0.301 e. The van der Waals surface area contributed by atoms with Gasteiger partial charge in [-0.05, 0) is 19.4 Å². The second-order valence-corrected chi connectivity index (χ2v) is 11.2. The lowest BCUT2D eigenvalue weighted by molar-refractivity contribution is 0.0996. The monoisotopic (exact) mass is 454 g/mol. The summed E-state index contributed by atoms with van der Waals surface area (Å²) in [6.45, 7) is 11.4. The van der Waals surface area contributed by atoms with Gasteiger partial charge in [0, 0.05) is 51.5 Å². The van der Waals surface area contributed by atoms with Gasteiger partial charge in [-0.25, -0.2) is 8.42 Å². The van der Waals surface area contributed by atoms with Crippen LogP contribution in [0.15, 0.2) is 6.20 Å². The Hall–Kier alpha value is -1.03. The molecule has 8 nitrogen and oxygen atoms in total. The van der Waals surface area contributed by atoms with Gasteiger partial charge in [0.15, 0.2) is 0 Å². The highest BCUT2D eigenvalue weighted by Crippen LogP contribution is 2.22. The summed E-state index contributed by atoms with van der Waals surface area (Å²) in [6, 6.07) is 0.0938. The van der Waals surface area contributed by atoms with E-state index < -0.39 is 10.0 Å². The van der Waals surface area contributed by atoms with Crippen LogP contribution in [0, 0.1) is 0 Å². The molecule has 0 amide bonds. The summed E-state index contributed by atoms with van der Waals surface area (Å²) in [5, 5.41) is 8.41. The zero-order valence-corrected chi connectivity index (χ0v) is 20.4. The first-order valence-electron chi connectivity index (χ1n) is 12.3. The summed E-state index contributed by atoms with van der Waals surface area (Å²) in [4.78, 5) is 4.91. The molecule has 1 aromatic rings. The molecule has 31 heavy (non-hydrogen) atoms. The molecule has 0 aliphatic carbocycles. The number of piperazine rings is 1. The predicted molar refractivity (Wildman–Crippen MR) is 124 cm³/mol. The van der Waals surface area contributed by atoms with Gasteiger partial charge in [-0.3, -0.25) is 9.58 Å². The van der Waals surface area contributed by atoms with Gasteiger partial charge in [0.1, 0.15) is 0 Å². The van der Waals surface area contributed by atoms with Crippen molar-refractivity contribution in [3.05, 3.63) is 11.9 Å². The van der Waals surface area contributed by atoms with E-state index in [0.717, 1.165) is 44.8 Å². The summed E-state index contributed by atoms with van der Waals surface area (Å²) < 4.78 is 29.0. The molecule has 1 unspecified atom stereocenters. The van der Waals surface area contributed by atoms with Crippen LogP contribution in [-0.4, -0.2) is 88.6 Å². The maximum absolute atomic E-state index is 12.8. The number of hydrogen-bond acceptors (Lipinski definition) is 6. The van der Waals surface area contributed by atoms with Crippen LogP contribution in [-0.2, 0) is 23.1 Å². The smallest absolute Gasteiger partial charge is 0.216 e. The van der Waals surface area contributed by atoms with E-state index in [4.69, 9.17) is 0 Å². The van der Waals surface area contributed by atoms with Gasteiger partial charge in [0.2, 0.25) is 10.0 Å². The molecule has 0 spiro atoms. The number of sulfonamides is 1. The Morgan fingerprint density at radius 1 is 0.935 bits per heavy atom. The van der Waals surface area contributed by atoms with Crippen LogP contribution in [0.4, 0.5) is 0 Å². The van der Waals surface area contributed by atoms with Crippen LogP contribution in [0.3, 0.4) is 0 Å². The number of nitrogens with zero attached hydrogens (tertiary/aromatic N) is 6. The van der Waals surface area contributed by atoms with Gasteiger partial charge in [-0.15, -0.1) is 5.10 Å². The molecule has 2 aliphatic rings. The molecular weight excluding hydrogens is 412 g/mol. The average Bonchev–Trinajstić information content (AvgIpc) is 3.33. The summed E-state index contributed by atoms with van der Waals surface area (Å²) in [5.74, 6) is 0.231. The highest BCUT2D eigenvalue weighted by atomic mass is 32.2. The maximum Gasteiger partial charge on any atom is 0.216 e. The molecule has 0 N–H and O–H groups in total. The quantitative estimate of drug-likeness (QED) is 0.427. The second-order valence-electron chi connectivity index (χ2n) is 9.20. The first-order valence-corrected chi connectivity index (χ1v) is 14.0. The minimum atomic E-state index is -3.23. The van der Waals surface area contributed by atoms with Gasteiger partial charge < -0.3 is 4.90 Å². The molecule has 2 saturated heterocycles. The molecule has 1 aromatic heterocycles. The van der Waals surface area contributed by atoms with Crippen LogP contribution in [0.2, 0.25) is 0 Å². The van der Waals surface area contributed by atoms with Crippen molar-refractivity contribution in [3.8, 4) is 0 Å². The van der Waals surface area contributed by atoms with Crippen molar-refractivity contribution in [1.29, 1.82) is 0 Å². The third kappa shape index (κ3) is 7.51. The molecule has 3 heterocycles. The van der Waals surface area contributed by atoms with Crippen molar-refractivity contribution in [2.24, 2.45) is 0 Å². The van der Waals surface area contributed by atoms with Crippen LogP contribution in [0.25, 0.3) is 0 Å². The molecule has 2 fully saturated rings. The highest BCUT2D eigenvalue weighted by Gasteiger charge is 2.40. The Morgan fingerprint density at radius 2 is 1.61 bits per heavy atom. The molecule has 178 valence electrons. The normalized spacial score (nSPS) is 23.0. The zero-order chi connectivity index (χ0) is 22.1. The Labute approximate surface area is 189 Å². The SMILES string of the molecule is CCCCCCN1CCN(C2CN(Cc3cn(CCCCCC)nn3)S(=O)(=O)C2)CC1. The number of aromatic nitrogens is 3. The molecular formula is C22H42N6O2S. The molecule has 9 heteroatoms. The van der Waals surface area contributed by atoms with Crippen molar-refractivity contribution >= 4 is 10.0 Å². The van der Waals surface area contributed by atoms with Crippen molar-refractivity contribution < 1.29 is 8.42 Å². The van der Waals surface area contributed by atoms with Crippen LogP contribution < -0.4 is 0 Å². The lowest BCUT2D eigenvalue weighted by atomic mass is 10.2. The number of aryl methyl sites for hydroxylation is 1. The second kappa shape index (κ2) is 12.3. The lowest BCUT2D eigenvalue weighted by Crippen LogP contribution is -2.51. The van der Waals surface area contributed by atoms with Crippen molar-refractivity contribution in [3.63, 3.8) is 0 Å². The van der Waals surface area contributed by atoms with E-state index in [1.165, 1.54) is 51.5 Å². The first kappa shape index (κ1) is 24.6. The summed E-state index contributed by atoms with van der Waals surface area (Å²) in [5.41, 5.74) is 0.747. The fourth-order valence-electron chi connectivity index (χ4n) is 4.65. The van der Waals surface area contributed by atoms with Crippen LogP contribution >= 0.6 is 0 Å². The molecule has 1 atom stereocenters. The zero-order valence-electron chi connectivity index (χ0n) is 19.6. The standard InChI is InChI=1S/C22H42N6O2S/c1-3-5-7-9-11-25-13-15-26(16-14-25)22-19-28(31(29,30)20-22)18-21-17-27(24-23-21)12-10-8-6-4-2/h17,22H,3-16,18-20H2,1-2H3. The van der Waals surface area contributed by atoms with E-state index in [2.05, 4.69) is 34.0 Å². The van der Waals surface area contributed by atoms with Gasteiger partial charge in [-0.1, -0.05) is 57.6 Å². The fraction of sp³-hybridized carbons (Fsp3) is 0.909. The van der Waals surface area contributed by atoms with Crippen molar-refractivity contribution in [2.75, 3.05) is 45.0 Å². The topological polar surface area (TPSA) is 74.6 Å². The van der Waals surface area contributed by atoms with E-state index in [1.807, 2.05) is 10.9 Å². The number of unbranched alkanes of at least 4 members (excludes halogenated alkanes) is 6. The maximum atomic E-state index is 12.8. The summed E-state index contributed by atoms with van der Waals surface area (Å²) in [6.07, 6.45) is 11.8.